The first-order chi connectivity index (χ1) is 15.0. The first kappa shape index (κ1) is 21.1. The number of ether oxygens (including phenoxy) is 1. The van der Waals surface area contributed by atoms with E-state index in [-0.39, 0.29) is 5.91 Å². The van der Waals surface area contributed by atoms with E-state index in [4.69, 9.17) is 27.9 Å². The zero-order valence-corrected chi connectivity index (χ0v) is 18.2. The Kier molecular flexibility index (Phi) is 6.32. The van der Waals surface area contributed by atoms with Gasteiger partial charge in [0.1, 0.15) is 10.6 Å². The van der Waals surface area contributed by atoms with Crippen molar-refractivity contribution >= 4 is 62.7 Å². The number of halogens is 2. The van der Waals surface area contributed by atoms with E-state index < -0.39 is 5.97 Å². The number of esters is 1. The maximum absolute atomic E-state index is 12.4. The number of carbonyl (C=O) groups excluding carboxylic acids is 2. The van der Waals surface area contributed by atoms with E-state index in [2.05, 4.69) is 10.5 Å². The standard InChI is InChI=1S/C23H14Cl2N2O3S/c24-16-5-3-4-15(12-16)23(29)30-17-10-8-14(9-11-17)13-26-27-22(28)21-20(25)18-6-1-2-7-19(18)31-21/h1-13H,(H,27,28)/b26-13-. The Morgan fingerprint density at radius 2 is 1.74 bits per heavy atom. The normalized spacial score (nSPS) is 11.0. The predicted octanol–water partition coefficient (Wildman–Crippen LogP) is 6.19. The molecule has 0 unspecified atom stereocenters. The number of benzene rings is 3. The van der Waals surface area contributed by atoms with Crippen molar-refractivity contribution in [1.29, 1.82) is 0 Å². The largest absolute Gasteiger partial charge is 0.423 e. The lowest BCUT2D eigenvalue weighted by molar-refractivity contribution is 0.0734. The van der Waals surface area contributed by atoms with Gasteiger partial charge in [0.25, 0.3) is 5.91 Å². The van der Waals surface area contributed by atoms with Gasteiger partial charge in [0.2, 0.25) is 0 Å². The fourth-order valence-corrected chi connectivity index (χ4v) is 4.38. The van der Waals surface area contributed by atoms with E-state index in [1.165, 1.54) is 23.6 Å². The molecule has 0 aliphatic heterocycles. The molecule has 0 fully saturated rings. The SMILES string of the molecule is O=C(Oc1ccc(/C=N\NC(=O)c2sc3ccccc3c2Cl)cc1)c1cccc(Cl)c1. The van der Waals surface area contributed by atoms with Crippen LogP contribution < -0.4 is 10.2 Å². The summed E-state index contributed by atoms with van der Waals surface area (Å²) in [7, 11) is 0. The summed E-state index contributed by atoms with van der Waals surface area (Å²) in [4.78, 5) is 25.0. The van der Waals surface area contributed by atoms with Crippen molar-refractivity contribution < 1.29 is 14.3 Å². The molecule has 0 atom stereocenters. The highest BCUT2D eigenvalue weighted by Gasteiger charge is 2.16. The number of fused-ring (bicyclic) bond motifs is 1. The van der Waals surface area contributed by atoms with E-state index in [0.717, 1.165) is 10.1 Å². The maximum atomic E-state index is 12.4. The molecule has 4 aromatic rings. The Hall–Kier alpha value is -3.19. The van der Waals surface area contributed by atoms with Crippen molar-refractivity contribution in [2.24, 2.45) is 5.10 Å². The second-order valence-electron chi connectivity index (χ2n) is 6.41. The molecule has 0 saturated heterocycles. The van der Waals surface area contributed by atoms with Gasteiger partial charge < -0.3 is 4.74 Å². The summed E-state index contributed by atoms with van der Waals surface area (Å²) in [6.07, 6.45) is 1.49. The number of amides is 1. The highest BCUT2D eigenvalue weighted by molar-refractivity contribution is 7.21. The zero-order chi connectivity index (χ0) is 21.8. The van der Waals surface area contributed by atoms with Gasteiger partial charge in [-0.3, -0.25) is 4.79 Å². The van der Waals surface area contributed by atoms with Gasteiger partial charge in [-0.25, -0.2) is 10.2 Å². The molecular formula is C23H14Cl2N2O3S. The molecule has 154 valence electrons. The molecule has 0 saturated carbocycles. The third-order valence-electron chi connectivity index (χ3n) is 4.27. The molecule has 8 heteroatoms. The number of hydrogen-bond acceptors (Lipinski definition) is 5. The van der Waals surface area contributed by atoms with Crippen LogP contribution >= 0.6 is 34.5 Å². The minimum atomic E-state index is -0.503. The number of nitrogens with zero attached hydrogens (tertiary/aromatic N) is 1. The van der Waals surface area contributed by atoms with E-state index in [1.807, 2.05) is 24.3 Å². The molecular weight excluding hydrogens is 455 g/mol. The summed E-state index contributed by atoms with van der Waals surface area (Å²) >= 11 is 13.5. The molecule has 31 heavy (non-hydrogen) atoms. The van der Waals surface area contributed by atoms with Crippen LogP contribution in [0.4, 0.5) is 0 Å². The smallest absolute Gasteiger partial charge is 0.343 e. The van der Waals surface area contributed by atoms with Crippen molar-refractivity contribution in [3.05, 3.63) is 98.8 Å². The molecule has 3 aromatic carbocycles. The third kappa shape index (κ3) is 4.94. The Morgan fingerprint density at radius 1 is 0.968 bits per heavy atom. The maximum Gasteiger partial charge on any atom is 0.343 e. The van der Waals surface area contributed by atoms with Gasteiger partial charge in [0.15, 0.2) is 0 Å². The van der Waals surface area contributed by atoms with Crippen LogP contribution in [0.25, 0.3) is 10.1 Å². The van der Waals surface area contributed by atoms with Crippen LogP contribution in [0.2, 0.25) is 10.0 Å². The molecule has 1 heterocycles. The van der Waals surface area contributed by atoms with Gasteiger partial charge in [-0.15, -0.1) is 11.3 Å². The first-order valence-corrected chi connectivity index (χ1v) is 10.7. The molecule has 1 aromatic heterocycles. The van der Waals surface area contributed by atoms with E-state index >= 15 is 0 Å². The van der Waals surface area contributed by atoms with Gasteiger partial charge in [-0.1, -0.05) is 47.5 Å². The molecule has 0 bridgehead atoms. The van der Waals surface area contributed by atoms with Crippen LogP contribution in [0.15, 0.2) is 77.9 Å². The Bertz CT molecular complexity index is 1300. The lowest BCUT2D eigenvalue weighted by Crippen LogP contribution is -2.16. The summed E-state index contributed by atoms with van der Waals surface area (Å²) in [5.41, 5.74) is 3.56. The fraction of sp³-hybridized carbons (Fsp3) is 0. The number of rotatable bonds is 5. The van der Waals surface area contributed by atoms with Crippen molar-refractivity contribution in [2.75, 3.05) is 0 Å². The monoisotopic (exact) mass is 468 g/mol. The van der Waals surface area contributed by atoms with Gasteiger partial charge in [-0.2, -0.15) is 5.10 Å². The summed E-state index contributed by atoms with van der Waals surface area (Å²) < 4.78 is 6.26. The van der Waals surface area contributed by atoms with Crippen molar-refractivity contribution in [3.63, 3.8) is 0 Å². The number of hydrazone groups is 1. The first-order valence-electron chi connectivity index (χ1n) is 9.09. The number of thiophene rings is 1. The Balaban J connectivity index is 1.37. The molecule has 0 spiro atoms. The zero-order valence-electron chi connectivity index (χ0n) is 15.8. The lowest BCUT2D eigenvalue weighted by atomic mass is 10.2. The van der Waals surface area contributed by atoms with Crippen molar-refractivity contribution in [2.45, 2.75) is 0 Å². The molecule has 5 nitrogen and oxygen atoms in total. The van der Waals surface area contributed by atoms with Crippen LogP contribution in [0.1, 0.15) is 25.6 Å². The summed E-state index contributed by atoms with van der Waals surface area (Å²) in [5.74, 6) is -0.505. The van der Waals surface area contributed by atoms with Gasteiger partial charge in [0, 0.05) is 15.1 Å². The van der Waals surface area contributed by atoms with Gasteiger partial charge >= 0.3 is 5.97 Å². The van der Waals surface area contributed by atoms with Gasteiger partial charge in [0.05, 0.1) is 16.8 Å². The summed E-state index contributed by atoms with van der Waals surface area (Å²) in [6.45, 7) is 0. The topological polar surface area (TPSA) is 67.8 Å². The number of hydrogen-bond donors (Lipinski definition) is 1. The molecule has 1 amide bonds. The quantitative estimate of drug-likeness (QED) is 0.164. The van der Waals surface area contributed by atoms with Crippen LogP contribution in [-0.2, 0) is 0 Å². The van der Waals surface area contributed by atoms with Crippen LogP contribution in [0.5, 0.6) is 5.75 Å². The van der Waals surface area contributed by atoms with Crippen LogP contribution in [-0.4, -0.2) is 18.1 Å². The average molecular weight is 469 g/mol. The highest BCUT2D eigenvalue weighted by atomic mass is 35.5. The van der Waals surface area contributed by atoms with Crippen LogP contribution in [0.3, 0.4) is 0 Å². The summed E-state index contributed by atoms with van der Waals surface area (Å²) in [6, 6.07) is 20.8. The summed E-state index contributed by atoms with van der Waals surface area (Å²) in [5, 5.41) is 5.69. The Morgan fingerprint density at radius 3 is 2.48 bits per heavy atom. The lowest BCUT2D eigenvalue weighted by Gasteiger charge is -2.05. The van der Waals surface area contributed by atoms with Gasteiger partial charge in [-0.05, 0) is 54.1 Å². The molecule has 1 N–H and O–H groups in total. The second kappa shape index (κ2) is 9.31. The molecule has 0 aliphatic carbocycles. The fourth-order valence-electron chi connectivity index (χ4n) is 2.78. The number of nitrogens with one attached hydrogen (secondary N) is 1. The molecule has 0 radical (unpaired) electrons. The Labute approximate surface area is 191 Å². The van der Waals surface area contributed by atoms with Crippen molar-refractivity contribution in [3.8, 4) is 5.75 Å². The van der Waals surface area contributed by atoms with Crippen molar-refractivity contribution in [1.82, 2.24) is 5.43 Å². The third-order valence-corrected chi connectivity index (χ3v) is 6.18. The minimum absolute atomic E-state index is 0.362. The predicted molar refractivity (Wildman–Crippen MR) is 125 cm³/mol. The van der Waals surface area contributed by atoms with E-state index in [1.54, 1.807) is 42.5 Å². The molecule has 4 rings (SSSR count). The van der Waals surface area contributed by atoms with Crippen LogP contribution in [0, 0.1) is 0 Å². The minimum Gasteiger partial charge on any atom is -0.423 e. The number of carbonyl (C=O) groups is 2. The van der Waals surface area contributed by atoms with E-state index in [0.29, 0.717) is 31.8 Å². The highest BCUT2D eigenvalue weighted by Crippen LogP contribution is 2.34. The van der Waals surface area contributed by atoms with E-state index in [9.17, 15) is 9.59 Å². The molecule has 0 aliphatic rings. The second-order valence-corrected chi connectivity index (χ2v) is 8.28. The average Bonchev–Trinajstić information content (AvgIpc) is 3.12.